The summed E-state index contributed by atoms with van der Waals surface area (Å²) in [5.74, 6) is -0.747. The van der Waals surface area contributed by atoms with Gasteiger partial charge in [-0.25, -0.2) is 4.79 Å². The SMILES string of the molecule is O=C(O)COc1ccc(N=Cc2ccc([N+](=O)[O-])o2)cc1. The normalized spacial score (nSPS) is 10.7. The fourth-order valence-corrected chi connectivity index (χ4v) is 1.42. The molecule has 0 aliphatic rings. The van der Waals surface area contributed by atoms with E-state index < -0.39 is 17.5 Å². The van der Waals surface area contributed by atoms with E-state index in [1.807, 2.05) is 0 Å². The Morgan fingerprint density at radius 2 is 2.05 bits per heavy atom. The van der Waals surface area contributed by atoms with Gasteiger partial charge in [0.2, 0.25) is 0 Å². The second-order valence-corrected chi connectivity index (χ2v) is 3.87. The number of nitrogens with zero attached hydrogens (tertiary/aromatic N) is 2. The number of aliphatic carboxylic acids is 1. The summed E-state index contributed by atoms with van der Waals surface area (Å²) in [6, 6.07) is 9.05. The van der Waals surface area contributed by atoms with E-state index in [-0.39, 0.29) is 11.6 Å². The Balaban J connectivity index is 2.00. The number of carbonyl (C=O) groups is 1. The van der Waals surface area contributed by atoms with Crippen molar-refractivity contribution in [2.75, 3.05) is 6.61 Å². The van der Waals surface area contributed by atoms with Crippen molar-refractivity contribution in [3.8, 4) is 5.75 Å². The van der Waals surface area contributed by atoms with E-state index in [0.717, 1.165) is 0 Å². The molecule has 8 nitrogen and oxygen atoms in total. The number of aliphatic imine (C=N–C) groups is 1. The van der Waals surface area contributed by atoms with Gasteiger partial charge in [0.05, 0.1) is 18.0 Å². The van der Waals surface area contributed by atoms with Crippen LogP contribution in [0.15, 0.2) is 45.8 Å². The van der Waals surface area contributed by atoms with Crippen molar-refractivity contribution >= 4 is 23.8 Å². The molecule has 0 saturated carbocycles. The minimum atomic E-state index is -1.06. The van der Waals surface area contributed by atoms with Crippen molar-refractivity contribution < 1.29 is 24.0 Å². The van der Waals surface area contributed by atoms with Crippen LogP contribution in [0.4, 0.5) is 11.6 Å². The van der Waals surface area contributed by atoms with E-state index in [1.165, 1.54) is 18.3 Å². The number of hydrogen-bond acceptors (Lipinski definition) is 6. The summed E-state index contributed by atoms with van der Waals surface area (Å²) in [6.07, 6.45) is 1.35. The van der Waals surface area contributed by atoms with Gasteiger partial charge >= 0.3 is 11.9 Å². The summed E-state index contributed by atoms with van der Waals surface area (Å²) in [4.78, 5) is 24.2. The Labute approximate surface area is 118 Å². The number of nitro groups is 1. The first-order valence-corrected chi connectivity index (χ1v) is 5.77. The minimum Gasteiger partial charge on any atom is -0.482 e. The van der Waals surface area contributed by atoms with Crippen LogP contribution >= 0.6 is 0 Å². The predicted molar refractivity (Wildman–Crippen MR) is 72.2 cm³/mol. The maximum atomic E-state index is 10.4. The first-order chi connectivity index (χ1) is 10.0. The maximum absolute atomic E-state index is 10.4. The van der Waals surface area contributed by atoms with E-state index in [1.54, 1.807) is 24.3 Å². The number of benzene rings is 1. The largest absolute Gasteiger partial charge is 0.482 e. The van der Waals surface area contributed by atoms with Gasteiger partial charge in [-0.2, -0.15) is 0 Å². The number of furan rings is 1. The van der Waals surface area contributed by atoms with Crippen molar-refractivity contribution in [2.24, 2.45) is 4.99 Å². The third-order valence-corrected chi connectivity index (χ3v) is 2.33. The zero-order valence-corrected chi connectivity index (χ0v) is 10.6. The highest BCUT2D eigenvalue weighted by molar-refractivity contribution is 5.79. The molecule has 0 saturated heterocycles. The number of hydrogen-bond donors (Lipinski definition) is 1. The molecule has 1 N–H and O–H groups in total. The number of carboxylic acid groups (broad SMARTS) is 1. The molecule has 0 amide bonds. The van der Waals surface area contributed by atoms with Gasteiger partial charge in [-0.05, 0) is 30.3 Å². The maximum Gasteiger partial charge on any atom is 0.433 e. The van der Waals surface area contributed by atoms with Gasteiger partial charge in [-0.1, -0.05) is 0 Å². The standard InChI is InChI=1S/C13H10N2O6/c16-13(17)8-20-10-3-1-9(2-4-10)14-7-11-5-6-12(21-11)15(18)19/h1-7H,8H2,(H,16,17). The molecule has 108 valence electrons. The lowest BCUT2D eigenvalue weighted by Gasteiger charge is -2.02. The Hall–Kier alpha value is -3.16. The Morgan fingerprint density at radius 1 is 1.33 bits per heavy atom. The zero-order valence-electron chi connectivity index (χ0n) is 10.6. The molecule has 0 aliphatic heterocycles. The van der Waals surface area contributed by atoms with Gasteiger partial charge in [0, 0.05) is 0 Å². The van der Waals surface area contributed by atoms with E-state index >= 15 is 0 Å². The first kappa shape index (κ1) is 14.3. The van der Waals surface area contributed by atoms with Crippen molar-refractivity contribution in [2.45, 2.75) is 0 Å². The molecule has 0 radical (unpaired) electrons. The molecular weight excluding hydrogens is 280 g/mol. The lowest BCUT2D eigenvalue weighted by atomic mass is 10.3. The van der Waals surface area contributed by atoms with Crippen LogP contribution in [0, 0.1) is 10.1 Å². The summed E-state index contributed by atoms with van der Waals surface area (Å²) in [6.45, 7) is -0.418. The predicted octanol–water partition coefficient (Wildman–Crippen LogP) is 2.40. The molecule has 1 heterocycles. The summed E-state index contributed by atoms with van der Waals surface area (Å²) in [5, 5.41) is 18.9. The van der Waals surface area contributed by atoms with Crippen molar-refractivity contribution in [1.82, 2.24) is 0 Å². The van der Waals surface area contributed by atoms with Gasteiger partial charge in [-0.3, -0.25) is 15.1 Å². The lowest BCUT2D eigenvalue weighted by Crippen LogP contribution is -2.09. The molecule has 8 heteroatoms. The zero-order chi connectivity index (χ0) is 15.2. The molecule has 21 heavy (non-hydrogen) atoms. The van der Waals surface area contributed by atoms with E-state index in [9.17, 15) is 14.9 Å². The summed E-state index contributed by atoms with van der Waals surface area (Å²) < 4.78 is 9.89. The Bertz CT molecular complexity index is 674. The van der Waals surface area contributed by atoms with Crippen LogP contribution in [0.5, 0.6) is 5.75 Å². The van der Waals surface area contributed by atoms with Crippen LogP contribution in [0.1, 0.15) is 5.76 Å². The number of rotatable bonds is 6. The molecular formula is C13H10N2O6. The Morgan fingerprint density at radius 3 is 2.62 bits per heavy atom. The average Bonchev–Trinajstić information content (AvgIpc) is 2.93. The molecule has 1 aromatic carbocycles. The minimum absolute atomic E-state index is 0.257. The van der Waals surface area contributed by atoms with E-state index in [4.69, 9.17) is 14.3 Å². The second kappa shape index (κ2) is 6.33. The molecule has 1 aromatic heterocycles. The molecule has 0 atom stereocenters. The summed E-state index contributed by atoms with van der Waals surface area (Å²) >= 11 is 0. The average molecular weight is 290 g/mol. The van der Waals surface area contributed by atoms with Crippen molar-refractivity contribution in [1.29, 1.82) is 0 Å². The fraction of sp³-hybridized carbons (Fsp3) is 0.0769. The van der Waals surface area contributed by atoms with Gasteiger partial charge in [0.15, 0.2) is 12.4 Å². The highest BCUT2D eigenvalue weighted by Crippen LogP contribution is 2.19. The summed E-state index contributed by atoms with van der Waals surface area (Å²) in [7, 11) is 0. The number of ether oxygens (including phenoxy) is 1. The highest BCUT2D eigenvalue weighted by atomic mass is 16.6. The van der Waals surface area contributed by atoms with Crippen LogP contribution in [-0.4, -0.2) is 28.8 Å². The van der Waals surface area contributed by atoms with Gasteiger partial charge in [0.1, 0.15) is 10.7 Å². The molecule has 0 bridgehead atoms. The van der Waals surface area contributed by atoms with Crippen molar-refractivity contribution in [3.63, 3.8) is 0 Å². The molecule has 2 aromatic rings. The highest BCUT2D eigenvalue weighted by Gasteiger charge is 2.10. The Kier molecular flexibility index (Phi) is 4.30. The fourth-order valence-electron chi connectivity index (χ4n) is 1.42. The third-order valence-electron chi connectivity index (χ3n) is 2.33. The summed E-state index contributed by atoms with van der Waals surface area (Å²) in [5.41, 5.74) is 0.566. The van der Waals surface area contributed by atoms with Gasteiger partial charge in [-0.15, -0.1) is 0 Å². The van der Waals surface area contributed by atoms with Gasteiger partial charge < -0.3 is 14.3 Å². The van der Waals surface area contributed by atoms with Crippen LogP contribution in [0.25, 0.3) is 0 Å². The molecule has 2 rings (SSSR count). The topological polar surface area (TPSA) is 115 Å². The van der Waals surface area contributed by atoms with Gasteiger partial charge in [0.25, 0.3) is 0 Å². The molecule has 0 spiro atoms. The first-order valence-electron chi connectivity index (χ1n) is 5.77. The van der Waals surface area contributed by atoms with Crippen LogP contribution in [-0.2, 0) is 4.79 Å². The van der Waals surface area contributed by atoms with E-state index in [2.05, 4.69) is 4.99 Å². The van der Waals surface area contributed by atoms with Crippen LogP contribution in [0.3, 0.4) is 0 Å². The van der Waals surface area contributed by atoms with Crippen LogP contribution in [0.2, 0.25) is 0 Å². The second-order valence-electron chi connectivity index (χ2n) is 3.87. The molecule has 0 unspecified atom stereocenters. The lowest BCUT2D eigenvalue weighted by molar-refractivity contribution is -0.402. The quantitative estimate of drug-likeness (QED) is 0.496. The van der Waals surface area contributed by atoms with Crippen molar-refractivity contribution in [3.05, 3.63) is 52.3 Å². The monoisotopic (exact) mass is 290 g/mol. The molecule has 0 aliphatic carbocycles. The third kappa shape index (κ3) is 4.16. The molecule has 0 fully saturated rings. The smallest absolute Gasteiger partial charge is 0.433 e. The number of carboxylic acids is 1. The van der Waals surface area contributed by atoms with Crippen LogP contribution < -0.4 is 4.74 Å². The van der Waals surface area contributed by atoms with E-state index in [0.29, 0.717) is 11.4 Å².